The molecule has 1 aliphatic heterocycles. The molecule has 2 N–H and O–H groups in total. The Bertz CT molecular complexity index is 746. The Kier molecular flexibility index (Phi) is 6.25. The van der Waals surface area contributed by atoms with Gasteiger partial charge in [0.15, 0.2) is 0 Å². The zero-order valence-electron chi connectivity index (χ0n) is 14.9. The van der Waals surface area contributed by atoms with Crippen molar-refractivity contribution in [3.63, 3.8) is 0 Å². The van der Waals surface area contributed by atoms with Gasteiger partial charge in [0.25, 0.3) is 5.91 Å². The normalized spacial score (nSPS) is 13.7. The van der Waals surface area contributed by atoms with Crippen LogP contribution in [0.1, 0.15) is 35.2 Å². The SMILES string of the molecule is O=C(NCc1ccccc1)c1cccc(NCCCN2CCCC2=O)c1. The second-order valence-electron chi connectivity index (χ2n) is 6.51. The van der Waals surface area contributed by atoms with Crippen molar-refractivity contribution in [2.75, 3.05) is 25.0 Å². The zero-order valence-corrected chi connectivity index (χ0v) is 14.9. The number of nitrogens with one attached hydrogen (secondary N) is 2. The van der Waals surface area contributed by atoms with Crippen molar-refractivity contribution in [2.24, 2.45) is 0 Å². The third kappa shape index (κ3) is 5.09. The van der Waals surface area contributed by atoms with Gasteiger partial charge in [-0.25, -0.2) is 0 Å². The summed E-state index contributed by atoms with van der Waals surface area (Å²) in [7, 11) is 0. The van der Waals surface area contributed by atoms with E-state index in [1.54, 1.807) is 0 Å². The first-order chi connectivity index (χ1) is 12.7. The summed E-state index contributed by atoms with van der Waals surface area (Å²) in [4.78, 5) is 25.8. The highest BCUT2D eigenvalue weighted by Gasteiger charge is 2.18. The van der Waals surface area contributed by atoms with Gasteiger partial charge in [-0.1, -0.05) is 36.4 Å². The van der Waals surface area contributed by atoms with E-state index < -0.39 is 0 Å². The lowest BCUT2D eigenvalue weighted by Crippen LogP contribution is -2.27. The Hall–Kier alpha value is -2.82. The van der Waals surface area contributed by atoms with Gasteiger partial charge < -0.3 is 15.5 Å². The summed E-state index contributed by atoms with van der Waals surface area (Å²) in [5.74, 6) is 0.183. The minimum Gasteiger partial charge on any atom is -0.385 e. The van der Waals surface area contributed by atoms with E-state index in [1.807, 2.05) is 59.5 Å². The number of hydrogen-bond acceptors (Lipinski definition) is 3. The van der Waals surface area contributed by atoms with Crippen molar-refractivity contribution in [3.05, 3.63) is 65.7 Å². The van der Waals surface area contributed by atoms with Crippen molar-refractivity contribution in [1.82, 2.24) is 10.2 Å². The minimum atomic E-state index is -0.0832. The van der Waals surface area contributed by atoms with Gasteiger partial charge in [-0.05, 0) is 36.6 Å². The van der Waals surface area contributed by atoms with E-state index in [-0.39, 0.29) is 11.8 Å². The first-order valence-corrected chi connectivity index (χ1v) is 9.16. The van der Waals surface area contributed by atoms with E-state index in [2.05, 4.69) is 10.6 Å². The second-order valence-corrected chi connectivity index (χ2v) is 6.51. The fourth-order valence-corrected chi connectivity index (χ4v) is 3.09. The lowest BCUT2D eigenvalue weighted by Gasteiger charge is -2.15. The molecule has 0 aromatic heterocycles. The Morgan fingerprint density at radius 1 is 1.08 bits per heavy atom. The minimum absolute atomic E-state index is 0.0832. The number of anilines is 1. The van der Waals surface area contributed by atoms with Crippen LogP contribution in [0.15, 0.2) is 54.6 Å². The number of hydrogen-bond donors (Lipinski definition) is 2. The number of carbonyl (C=O) groups is 2. The molecule has 0 saturated carbocycles. The summed E-state index contributed by atoms with van der Waals surface area (Å²) in [6.45, 7) is 2.97. The molecular weight excluding hydrogens is 326 g/mol. The van der Waals surface area contributed by atoms with Crippen LogP contribution in [0.5, 0.6) is 0 Å². The summed E-state index contributed by atoms with van der Waals surface area (Å²) in [5, 5.41) is 6.28. The van der Waals surface area contributed by atoms with E-state index in [4.69, 9.17) is 0 Å². The first kappa shape index (κ1) is 18.0. The smallest absolute Gasteiger partial charge is 0.251 e. The van der Waals surface area contributed by atoms with Crippen molar-refractivity contribution in [2.45, 2.75) is 25.8 Å². The van der Waals surface area contributed by atoms with E-state index >= 15 is 0 Å². The molecule has 136 valence electrons. The molecule has 1 heterocycles. The predicted molar refractivity (Wildman–Crippen MR) is 103 cm³/mol. The third-order valence-corrected chi connectivity index (χ3v) is 4.53. The molecule has 3 rings (SSSR count). The molecule has 0 spiro atoms. The van der Waals surface area contributed by atoms with Crippen LogP contribution in [-0.2, 0) is 11.3 Å². The summed E-state index contributed by atoms with van der Waals surface area (Å²) < 4.78 is 0. The molecule has 2 aromatic rings. The average Bonchev–Trinajstić information content (AvgIpc) is 3.09. The molecule has 5 nitrogen and oxygen atoms in total. The maximum absolute atomic E-state index is 12.3. The van der Waals surface area contributed by atoms with Crippen LogP contribution in [0, 0.1) is 0 Å². The van der Waals surface area contributed by atoms with E-state index in [0.29, 0.717) is 18.5 Å². The standard InChI is InChI=1S/C21H25N3O2/c25-20-11-5-13-24(20)14-6-12-22-19-10-4-9-18(15-19)21(26)23-16-17-7-2-1-3-8-17/h1-4,7-10,15,22H,5-6,11-14,16H2,(H,23,26). The van der Waals surface area contributed by atoms with Gasteiger partial charge >= 0.3 is 0 Å². The summed E-state index contributed by atoms with van der Waals surface area (Å²) >= 11 is 0. The largest absolute Gasteiger partial charge is 0.385 e. The number of nitrogens with zero attached hydrogens (tertiary/aromatic N) is 1. The van der Waals surface area contributed by atoms with Crippen LogP contribution in [-0.4, -0.2) is 36.3 Å². The van der Waals surface area contributed by atoms with E-state index in [0.717, 1.165) is 43.7 Å². The maximum atomic E-state index is 12.3. The highest BCUT2D eigenvalue weighted by molar-refractivity contribution is 5.95. The highest BCUT2D eigenvalue weighted by atomic mass is 16.2. The molecule has 0 aliphatic carbocycles. The first-order valence-electron chi connectivity index (χ1n) is 9.16. The molecule has 0 bridgehead atoms. The summed E-state index contributed by atoms with van der Waals surface area (Å²) in [6.07, 6.45) is 2.57. The van der Waals surface area contributed by atoms with Crippen LogP contribution in [0.25, 0.3) is 0 Å². The average molecular weight is 351 g/mol. The van der Waals surface area contributed by atoms with Crippen molar-refractivity contribution >= 4 is 17.5 Å². The molecule has 0 unspecified atom stereocenters. The molecule has 5 heteroatoms. The fraction of sp³-hybridized carbons (Fsp3) is 0.333. The number of benzene rings is 2. The number of amides is 2. The topological polar surface area (TPSA) is 61.4 Å². The van der Waals surface area contributed by atoms with Crippen LogP contribution < -0.4 is 10.6 Å². The molecule has 26 heavy (non-hydrogen) atoms. The van der Waals surface area contributed by atoms with Crippen LogP contribution >= 0.6 is 0 Å². The molecule has 1 fully saturated rings. The lowest BCUT2D eigenvalue weighted by molar-refractivity contribution is -0.127. The Morgan fingerprint density at radius 3 is 2.69 bits per heavy atom. The van der Waals surface area contributed by atoms with Crippen molar-refractivity contribution in [3.8, 4) is 0 Å². The lowest BCUT2D eigenvalue weighted by atomic mass is 10.1. The van der Waals surface area contributed by atoms with Gasteiger partial charge in [0, 0.05) is 43.9 Å². The summed E-state index contributed by atoms with van der Waals surface area (Å²) in [6, 6.07) is 17.4. The second kappa shape index (κ2) is 9.04. The molecule has 0 atom stereocenters. The molecule has 2 aromatic carbocycles. The zero-order chi connectivity index (χ0) is 18.2. The van der Waals surface area contributed by atoms with Gasteiger partial charge in [0.1, 0.15) is 0 Å². The molecular formula is C21H25N3O2. The van der Waals surface area contributed by atoms with Gasteiger partial charge in [0.05, 0.1) is 0 Å². The Balaban J connectivity index is 1.44. The van der Waals surface area contributed by atoms with Gasteiger partial charge in [-0.2, -0.15) is 0 Å². The predicted octanol–water partition coefficient (Wildman–Crippen LogP) is 3.04. The van der Waals surface area contributed by atoms with Gasteiger partial charge in [-0.3, -0.25) is 9.59 Å². The van der Waals surface area contributed by atoms with Crippen molar-refractivity contribution in [1.29, 1.82) is 0 Å². The maximum Gasteiger partial charge on any atom is 0.251 e. The molecule has 1 aliphatic rings. The van der Waals surface area contributed by atoms with Crippen molar-refractivity contribution < 1.29 is 9.59 Å². The Labute approximate surface area is 154 Å². The molecule has 0 radical (unpaired) electrons. The van der Waals surface area contributed by atoms with E-state index in [1.165, 1.54) is 0 Å². The summed E-state index contributed by atoms with van der Waals surface area (Å²) in [5.41, 5.74) is 2.64. The number of carbonyl (C=O) groups excluding carboxylic acids is 2. The molecule has 1 saturated heterocycles. The Morgan fingerprint density at radius 2 is 1.92 bits per heavy atom. The van der Waals surface area contributed by atoms with Crippen LogP contribution in [0.4, 0.5) is 5.69 Å². The number of likely N-dealkylation sites (tertiary alicyclic amines) is 1. The fourth-order valence-electron chi connectivity index (χ4n) is 3.09. The van der Waals surface area contributed by atoms with Gasteiger partial charge in [-0.15, -0.1) is 0 Å². The monoisotopic (exact) mass is 351 g/mol. The van der Waals surface area contributed by atoms with Crippen LogP contribution in [0.3, 0.4) is 0 Å². The highest BCUT2D eigenvalue weighted by Crippen LogP contribution is 2.12. The van der Waals surface area contributed by atoms with E-state index in [9.17, 15) is 9.59 Å². The molecule has 2 amide bonds. The van der Waals surface area contributed by atoms with Gasteiger partial charge in [0.2, 0.25) is 5.91 Å². The van der Waals surface area contributed by atoms with Crippen LogP contribution in [0.2, 0.25) is 0 Å². The third-order valence-electron chi connectivity index (χ3n) is 4.53. The number of rotatable bonds is 8. The quantitative estimate of drug-likeness (QED) is 0.719.